The van der Waals surface area contributed by atoms with E-state index in [1.54, 1.807) is 18.6 Å². The first-order valence-electron chi connectivity index (χ1n) is 13.1. The second kappa shape index (κ2) is 10.4. The minimum Gasteiger partial charge on any atom is -0.379 e. The van der Waals surface area contributed by atoms with Crippen molar-refractivity contribution in [2.24, 2.45) is 5.73 Å². The quantitative estimate of drug-likeness (QED) is 0.385. The Balaban J connectivity index is 1.46. The van der Waals surface area contributed by atoms with Crippen LogP contribution in [-0.2, 0) is 4.74 Å². The monoisotopic (exact) mass is 531 g/mol. The number of aromatic nitrogens is 5. The van der Waals surface area contributed by atoms with E-state index in [4.69, 9.17) is 27.1 Å². The number of aryl methyl sites for hydroxylation is 1. The Morgan fingerprint density at radius 3 is 2.63 bits per heavy atom. The molecule has 38 heavy (non-hydrogen) atoms. The van der Waals surface area contributed by atoms with Gasteiger partial charge in [-0.15, -0.1) is 0 Å². The number of hydrogen-bond donors (Lipinski definition) is 2. The Morgan fingerprint density at radius 1 is 1.05 bits per heavy atom. The van der Waals surface area contributed by atoms with E-state index in [1.807, 2.05) is 35.8 Å². The van der Waals surface area contributed by atoms with Gasteiger partial charge in [0.25, 0.3) is 5.56 Å². The van der Waals surface area contributed by atoms with E-state index >= 15 is 0 Å². The molecule has 0 unspecified atom stereocenters. The van der Waals surface area contributed by atoms with Gasteiger partial charge in [-0.25, -0.2) is 9.97 Å². The van der Waals surface area contributed by atoms with Crippen molar-refractivity contribution in [3.63, 3.8) is 0 Å². The van der Waals surface area contributed by atoms with Crippen molar-refractivity contribution in [2.45, 2.75) is 57.2 Å². The summed E-state index contributed by atoms with van der Waals surface area (Å²) in [5.74, 6) is 0.503. The summed E-state index contributed by atoms with van der Waals surface area (Å²) in [6.45, 7) is 3.24. The van der Waals surface area contributed by atoms with Gasteiger partial charge in [-0.05, 0) is 51.2 Å². The molecule has 9 nitrogen and oxygen atoms in total. The molecule has 2 aliphatic rings. The van der Waals surface area contributed by atoms with Crippen LogP contribution in [0.1, 0.15) is 43.8 Å². The Bertz CT molecular complexity index is 1540. The van der Waals surface area contributed by atoms with Gasteiger partial charge in [-0.3, -0.25) is 14.3 Å². The number of benzene rings is 1. The van der Waals surface area contributed by atoms with Gasteiger partial charge in [0.05, 0.1) is 30.2 Å². The first-order valence-corrected chi connectivity index (χ1v) is 13.4. The van der Waals surface area contributed by atoms with Crippen LogP contribution in [-0.4, -0.2) is 49.8 Å². The topological polar surface area (TPSA) is 121 Å². The molecule has 0 spiro atoms. The molecule has 3 aromatic heterocycles. The number of hydrogen-bond acceptors (Lipinski definition) is 8. The van der Waals surface area contributed by atoms with Gasteiger partial charge >= 0.3 is 0 Å². The number of nitrogens with zero attached hydrogens (tertiary/aromatic N) is 5. The molecule has 1 aliphatic carbocycles. The molecule has 3 N–H and O–H groups in total. The van der Waals surface area contributed by atoms with Crippen molar-refractivity contribution >= 4 is 28.6 Å². The average molecular weight is 532 g/mol. The maximum atomic E-state index is 14.1. The van der Waals surface area contributed by atoms with Gasteiger partial charge in [-0.1, -0.05) is 23.7 Å². The van der Waals surface area contributed by atoms with E-state index in [0.29, 0.717) is 34.4 Å². The zero-order valence-electron chi connectivity index (χ0n) is 21.2. The number of ether oxygens (including phenoxy) is 1. The maximum absolute atomic E-state index is 14.1. The number of fused-ring (bicyclic) bond motifs is 1. The van der Waals surface area contributed by atoms with Crippen molar-refractivity contribution in [2.75, 3.05) is 18.5 Å². The third-order valence-electron chi connectivity index (χ3n) is 7.45. The normalized spacial score (nSPS) is 21.6. The molecular formula is C28H30ClN7O2. The lowest BCUT2D eigenvalue weighted by Gasteiger charge is -2.29. The van der Waals surface area contributed by atoms with Crippen LogP contribution in [0.5, 0.6) is 0 Å². The molecule has 6 rings (SSSR count). The highest BCUT2D eigenvalue weighted by Crippen LogP contribution is 2.34. The van der Waals surface area contributed by atoms with Gasteiger partial charge in [0.15, 0.2) is 0 Å². The Morgan fingerprint density at radius 2 is 1.89 bits per heavy atom. The van der Waals surface area contributed by atoms with Gasteiger partial charge in [0.1, 0.15) is 5.65 Å². The SMILES string of the molecule is Cc1cncc(-c2ccc(-c3cc4cnc(N[C@H]5CCOC5)nc4n(C4CCC(N)CC4)c3=O)c(Cl)c2)n1. The molecule has 0 bridgehead atoms. The molecule has 1 saturated heterocycles. The molecule has 10 heteroatoms. The molecule has 4 heterocycles. The van der Waals surface area contributed by atoms with Crippen LogP contribution in [0.3, 0.4) is 0 Å². The van der Waals surface area contributed by atoms with Crippen LogP contribution in [0.4, 0.5) is 5.95 Å². The lowest BCUT2D eigenvalue weighted by molar-refractivity contribution is 0.195. The summed E-state index contributed by atoms with van der Waals surface area (Å²) in [7, 11) is 0. The van der Waals surface area contributed by atoms with Crippen LogP contribution >= 0.6 is 11.6 Å². The predicted molar refractivity (Wildman–Crippen MR) is 148 cm³/mol. The summed E-state index contributed by atoms with van der Waals surface area (Å²) in [5, 5.41) is 4.61. The maximum Gasteiger partial charge on any atom is 0.260 e. The third kappa shape index (κ3) is 4.89. The number of nitrogens with one attached hydrogen (secondary N) is 1. The van der Waals surface area contributed by atoms with Gasteiger partial charge in [0.2, 0.25) is 5.95 Å². The molecule has 1 aliphatic heterocycles. The Labute approximate surface area is 225 Å². The van der Waals surface area contributed by atoms with E-state index in [2.05, 4.69) is 20.3 Å². The van der Waals surface area contributed by atoms with Gasteiger partial charge < -0.3 is 15.8 Å². The minimum absolute atomic E-state index is 0.00271. The lowest BCUT2D eigenvalue weighted by Crippen LogP contribution is -2.33. The van der Waals surface area contributed by atoms with Crippen molar-refractivity contribution in [1.82, 2.24) is 24.5 Å². The van der Waals surface area contributed by atoms with Crippen LogP contribution in [0.25, 0.3) is 33.4 Å². The Kier molecular flexibility index (Phi) is 6.82. The van der Waals surface area contributed by atoms with E-state index in [-0.39, 0.29) is 23.7 Å². The number of pyridine rings is 1. The second-order valence-corrected chi connectivity index (χ2v) is 10.6. The van der Waals surface area contributed by atoms with E-state index in [1.165, 1.54) is 0 Å². The number of anilines is 1. The molecule has 0 radical (unpaired) electrons. The summed E-state index contributed by atoms with van der Waals surface area (Å²) in [6, 6.07) is 7.81. The molecule has 1 atom stereocenters. The lowest BCUT2D eigenvalue weighted by atomic mass is 9.91. The highest BCUT2D eigenvalue weighted by atomic mass is 35.5. The van der Waals surface area contributed by atoms with Crippen LogP contribution < -0.4 is 16.6 Å². The average Bonchev–Trinajstić information content (AvgIpc) is 3.42. The van der Waals surface area contributed by atoms with Crippen LogP contribution in [0.2, 0.25) is 5.02 Å². The van der Waals surface area contributed by atoms with Crippen LogP contribution in [0.15, 0.2) is 47.7 Å². The van der Waals surface area contributed by atoms with Gasteiger partial charge in [0, 0.05) is 58.2 Å². The first kappa shape index (κ1) is 24.9. The van der Waals surface area contributed by atoms with E-state index < -0.39 is 0 Å². The second-order valence-electron chi connectivity index (χ2n) is 10.2. The predicted octanol–water partition coefficient (Wildman–Crippen LogP) is 4.52. The molecular weight excluding hydrogens is 502 g/mol. The van der Waals surface area contributed by atoms with E-state index in [0.717, 1.165) is 61.0 Å². The zero-order chi connectivity index (χ0) is 26.2. The minimum atomic E-state index is -0.114. The highest BCUT2D eigenvalue weighted by molar-refractivity contribution is 6.33. The zero-order valence-corrected chi connectivity index (χ0v) is 22.0. The first-order chi connectivity index (χ1) is 18.5. The number of nitrogens with two attached hydrogens (primary N) is 1. The largest absolute Gasteiger partial charge is 0.379 e. The molecule has 1 aromatic carbocycles. The van der Waals surface area contributed by atoms with Crippen molar-refractivity contribution in [3.8, 4) is 22.4 Å². The summed E-state index contributed by atoms with van der Waals surface area (Å²) < 4.78 is 7.32. The van der Waals surface area contributed by atoms with Crippen molar-refractivity contribution in [3.05, 3.63) is 63.9 Å². The van der Waals surface area contributed by atoms with Gasteiger partial charge in [-0.2, -0.15) is 4.98 Å². The molecule has 4 aromatic rings. The third-order valence-corrected chi connectivity index (χ3v) is 7.77. The summed E-state index contributed by atoms with van der Waals surface area (Å²) in [4.78, 5) is 32.3. The Hall–Kier alpha value is -3.40. The summed E-state index contributed by atoms with van der Waals surface area (Å²) in [6.07, 6.45) is 9.46. The highest BCUT2D eigenvalue weighted by Gasteiger charge is 2.26. The molecule has 2 fully saturated rings. The molecule has 196 valence electrons. The fourth-order valence-corrected chi connectivity index (χ4v) is 5.69. The van der Waals surface area contributed by atoms with Crippen molar-refractivity contribution in [1.29, 1.82) is 0 Å². The molecule has 0 amide bonds. The standard InChI is InChI=1S/C28H30ClN7O2/c1-16-12-31-14-25(33-16)17-2-7-22(24(29)11-17)23-10-18-13-32-28(34-20-8-9-38-15-20)35-26(18)36(27(23)37)21-5-3-19(30)4-6-21/h2,7,10-14,19-21H,3-6,8-9,15,30H2,1H3,(H,32,34,35)/t19?,20-,21?/m0/s1. The number of rotatable bonds is 5. The van der Waals surface area contributed by atoms with Crippen molar-refractivity contribution < 1.29 is 4.74 Å². The fraction of sp³-hybridized carbons (Fsp3) is 0.393. The summed E-state index contributed by atoms with van der Waals surface area (Å²) in [5.41, 5.74) is 10.3. The summed E-state index contributed by atoms with van der Waals surface area (Å²) >= 11 is 6.79. The fourth-order valence-electron chi connectivity index (χ4n) is 5.41. The number of halogens is 1. The van der Waals surface area contributed by atoms with E-state index in [9.17, 15) is 4.79 Å². The smallest absolute Gasteiger partial charge is 0.260 e. The molecule has 1 saturated carbocycles. The van der Waals surface area contributed by atoms with Crippen LogP contribution in [0, 0.1) is 6.92 Å².